The lowest BCUT2D eigenvalue weighted by atomic mass is 10.0. The average Bonchev–Trinajstić information content (AvgIpc) is 3.41. The van der Waals surface area contributed by atoms with Crippen LogP contribution in [0.5, 0.6) is 11.5 Å². The van der Waals surface area contributed by atoms with Crippen LogP contribution in [0.2, 0.25) is 0 Å². The molecule has 10 heteroatoms. The number of nitrogens with one attached hydrogen (secondary N) is 1. The number of rotatable bonds is 13. The van der Waals surface area contributed by atoms with Gasteiger partial charge in [-0.15, -0.1) is 0 Å². The summed E-state index contributed by atoms with van der Waals surface area (Å²) in [5.41, 5.74) is 3.35. The number of fused-ring (bicyclic) bond motifs is 1. The molecule has 0 aromatic heterocycles. The number of anilines is 1. The molecular formula is C31H37N3O6S. The van der Waals surface area contributed by atoms with Gasteiger partial charge in [-0.1, -0.05) is 60.2 Å². The second-order valence-corrected chi connectivity index (χ2v) is 12.0. The van der Waals surface area contributed by atoms with Gasteiger partial charge >= 0.3 is 0 Å². The smallest absolute Gasteiger partial charge is 0.243 e. The fourth-order valence-corrected chi connectivity index (χ4v) is 5.85. The first-order valence-corrected chi connectivity index (χ1v) is 15.5. The fraction of sp³-hybridized carbons (Fsp3) is 0.355. The maximum absolute atomic E-state index is 13.8. The van der Waals surface area contributed by atoms with Crippen LogP contribution in [0.15, 0.2) is 72.8 Å². The lowest BCUT2D eigenvalue weighted by Gasteiger charge is -2.32. The van der Waals surface area contributed by atoms with Crippen molar-refractivity contribution < 1.29 is 27.5 Å². The van der Waals surface area contributed by atoms with E-state index >= 15 is 0 Å². The molecule has 0 unspecified atom stereocenters. The van der Waals surface area contributed by atoms with Crippen molar-refractivity contribution >= 4 is 27.5 Å². The van der Waals surface area contributed by atoms with Gasteiger partial charge in [-0.2, -0.15) is 0 Å². The molecule has 41 heavy (non-hydrogen) atoms. The number of carbonyl (C=O) groups excluding carboxylic acids is 2. The summed E-state index contributed by atoms with van der Waals surface area (Å²) >= 11 is 0. The van der Waals surface area contributed by atoms with Crippen molar-refractivity contribution in [2.75, 3.05) is 30.4 Å². The third-order valence-electron chi connectivity index (χ3n) is 6.85. The minimum Gasteiger partial charge on any atom is -0.454 e. The molecule has 0 bridgehead atoms. The van der Waals surface area contributed by atoms with Gasteiger partial charge in [0, 0.05) is 38.5 Å². The highest BCUT2D eigenvalue weighted by Crippen LogP contribution is 2.36. The molecule has 1 N–H and O–H groups in total. The third-order valence-corrected chi connectivity index (χ3v) is 8.05. The minimum atomic E-state index is -3.64. The first-order chi connectivity index (χ1) is 19.7. The normalized spacial score (nSPS) is 13.0. The molecule has 9 nitrogen and oxygen atoms in total. The van der Waals surface area contributed by atoms with E-state index in [-0.39, 0.29) is 44.5 Å². The first kappa shape index (κ1) is 29.9. The second-order valence-electron chi connectivity index (χ2n) is 10.1. The van der Waals surface area contributed by atoms with E-state index in [2.05, 4.69) is 5.32 Å². The van der Waals surface area contributed by atoms with E-state index < -0.39 is 16.1 Å². The Morgan fingerprint density at radius 1 is 0.951 bits per heavy atom. The largest absolute Gasteiger partial charge is 0.454 e. The van der Waals surface area contributed by atoms with E-state index in [4.69, 9.17) is 9.47 Å². The van der Waals surface area contributed by atoms with Crippen molar-refractivity contribution in [3.63, 3.8) is 0 Å². The van der Waals surface area contributed by atoms with Crippen molar-refractivity contribution in [2.45, 2.75) is 45.7 Å². The van der Waals surface area contributed by atoms with Gasteiger partial charge in [-0.05, 0) is 43.5 Å². The van der Waals surface area contributed by atoms with E-state index in [1.54, 1.807) is 23.1 Å². The predicted molar refractivity (Wildman–Crippen MR) is 158 cm³/mol. The zero-order chi connectivity index (χ0) is 29.4. The zero-order valence-electron chi connectivity index (χ0n) is 23.7. The summed E-state index contributed by atoms with van der Waals surface area (Å²) < 4.78 is 37.4. The van der Waals surface area contributed by atoms with Crippen LogP contribution in [0.1, 0.15) is 36.5 Å². The predicted octanol–water partition coefficient (Wildman–Crippen LogP) is 4.05. The van der Waals surface area contributed by atoms with Gasteiger partial charge < -0.3 is 19.7 Å². The molecule has 0 fully saturated rings. The van der Waals surface area contributed by atoms with E-state index in [0.29, 0.717) is 30.2 Å². The number of nitrogens with zero attached hydrogens (tertiary/aromatic N) is 2. The topological polar surface area (TPSA) is 105 Å². The minimum absolute atomic E-state index is 0.0626. The molecule has 218 valence electrons. The number of sulfonamides is 1. The number of benzene rings is 3. The number of amides is 2. The molecule has 3 aromatic carbocycles. The van der Waals surface area contributed by atoms with Crippen molar-refractivity contribution in [1.82, 2.24) is 10.2 Å². The standard InChI is InChI=1S/C31H37N3O6S/c1-4-32-31(36)27(19-24-11-6-5-7-12-24)33(21-25-13-8-10-23(2)18-25)30(35)14-9-17-34(41(3,37)38)26-15-16-28-29(20-26)40-22-39-28/h5-8,10-13,15-16,18,20,27H,4,9,14,17,19,21-22H2,1-3H3,(H,32,36)/t27-/m0/s1. The number of likely N-dealkylation sites (N-methyl/N-ethyl adjacent to an activating group) is 1. The molecule has 4 rings (SSSR count). The molecule has 0 radical (unpaired) electrons. The van der Waals surface area contributed by atoms with Crippen LogP contribution in [0.25, 0.3) is 0 Å². The highest BCUT2D eigenvalue weighted by atomic mass is 32.2. The first-order valence-electron chi connectivity index (χ1n) is 13.7. The van der Waals surface area contributed by atoms with Gasteiger partial charge in [0.15, 0.2) is 11.5 Å². The van der Waals surface area contributed by atoms with Crippen LogP contribution in [-0.2, 0) is 32.6 Å². The molecule has 0 saturated heterocycles. The molecule has 0 aliphatic carbocycles. The van der Waals surface area contributed by atoms with Crippen LogP contribution < -0.4 is 19.1 Å². The van der Waals surface area contributed by atoms with Crippen LogP contribution in [0.3, 0.4) is 0 Å². The molecule has 1 aliphatic rings. The summed E-state index contributed by atoms with van der Waals surface area (Å²) in [6.45, 7) is 4.70. The summed E-state index contributed by atoms with van der Waals surface area (Å²) in [7, 11) is -3.64. The van der Waals surface area contributed by atoms with E-state index in [1.807, 2.05) is 68.4 Å². The van der Waals surface area contributed by atoms with E-state index in [9.17, 15) is 18.0 Å². The maximum atomic E-state index is 13.8. The quantitative estimate of drug-likeness (QED) is 0.328. The highest BCUT2D eigenvalue weighted by molar-refractivity contribution is 7.92. The Hall–Kier alpha value is -4.05. The van der Waals surface area contributed by atoms with Crippen LogP contribution in [0, 0.1) is 6.92 Å². The zero-order valence-corrected chi connectivity index (χ0v) is 24.5. The monoisotopic (exact) mass is 579 g/mol. The molecule has 2 amide bonds. The Bertz CT molecular complexity index is 1460. The summed E-state index contributed by atoms with van der Waals surface area (Å²) in [6, 6.07) is 21.7. The van der Waals surface area contributed by atoms with Gasteiger partial charge in [-0.25, -0.2) is 8.42 Å². The SMILES string of the molecule is CCNC(=O)[C@H](Cc1ccccc1)N(Cc1cccc(C)c1)C(=O)CCCN(c1ccc2c(c1)OCO2)S(C)(=O)=O. The summed E-state index contributed by atoms with van der Waals surface area (Å²) in [4.78, 5) is 28.8. The summed E-state index contributed by atoms with van der Waals surface area (Å²) in [6.07, 6.45) is 1.82. The molecule has 0 saturated carbocycles. The number of carbonyl (C=O) groups is 2. The van der Waals surface area contributed by atoms with E-state index in [1.165, 1.54) is 4.31 Å². The van der Waals surface area contributed by atoms with Crippen molar-refractivity contribution in [3.05, 3.63) is 89.5 Å². The molecular weight excluding hydrogens is 542 g/mol. The van der Waals surface area contributed by atoms with Crippen LogP contribution in [-0.4, -0.2) is 57.3 Å². The molecule has 1 heterocycles. The average molecular weight is 580 g/mol. The Labute approximate surface area is 242 Å². The van der Waals surface area contributed by atoms with Gasteiger partial charge in [0.05, 0.1) is 11.9 Å². The van der Waals surface area contributed by atoms with Crippen molar-refractivity contribution in [1.29, 1.82) is 0 Å². The van der Waals surface area contributed by atoms with Gasteiger partial charge in [0.2, 0.25) is 28.6 Å². The second kappa shape index (κ2) is 13.5. The summed E-state index contributed by atoms with van der Waals surface area (Å²) in [5.74, 6) is 0.578. The van der Waals surface area contributed by atoms with E-state index in [0.717, 1.165) is 22.9 Å². The third kappa shape index (κ3) is 8.00. The number of aryl methyl sites for hydroxylation is 1. The van der Waals surface area contributed by atoms with Gasteiger partial charge in [0.25, 0.3) is 0 Å². The molecule has 0 spiro atoms. The number of ether oxygens (including phenoxy) is 2. The fourth-order valence-electron chi connectivity index (χ4n) is 4.90. The number of hydrogen-bond acceptors (Lipinski definition) is 6. The van der Waals surface area contributed by atoms with Crippen LogP contribution in [0.4, 0.5) is 5.69 Å². The Morgan fingerprint density at radius 2 is 1.68 bits per heavy atom. The van der Waals surface area contributed by atoms with Crippen molar-refractivity contribution in [3.8, 4) is 11.5 Å². The molecule has 1 atom stereocenters. The van der Waals surface area contributed by atoms with Gasteiger partial charge in [0.1, 0.15) is 6.04 Å². The molecule has 1 aliphatic heterocycles. The lowest BCUT2D eigenvalue weighted by molar-refractivity contribution is -0.141. The van der Waals surface area contributed by atoms with Gasteiger partial charge in [-0.3, -0.25) is 13.9 Å². The Morgan fingerprint density at radius 3 is 2.39 bits per heavy atom. The Kier molecular flexibility index (Phi) is 9.88. The lowest BCUT2D eigenvalue weighted by Crippen LogP contribution is -2.50. The molecule has 3 aromatic rings. The van der Waals surface area contributed by atoms with Crippen LogP contribution >= 0.6 is 0 Å². The maximum Gasteiger partial charge on any atom is 0.243 e. The highest BCUT2D eigenvalue weighted by Gasteiger charge is 2.30. The Balaban J connectivity index is 1.56. The summed E-state index contributed by atoms with van der Waals surface area (Å²) in [5, 5.41) is 2.89. The van der Waals surface area contributed by atoms with Crippen molar-refractivity contribution in [2.24, 2.45) is 0 Å². The number of hydrogen-bond donors (Lipinski definition) is 1.